The molecule has 2 aromatic rings. The van der Waals surface area contributed by atoms with Gasteiger partial charge in [0.2, 0.25) is 10.0 Å². The number of aromatic nitrogens is 1. The second kappa shape index (κ2) is 11.7. The third-order valence-electron chi connectivity index (χ3n) is 7.09. The minimum absolute atomic E-state index is 0.375. The Labute approximate surface area is 224 Å². The van der Waals surface area contributed by atoms with Crippen molar-refractivity contribution in [2.45, 2.75) is 44.8 Å². The number of benzene rings is 1. The van der Waals surface area contributed by atoms with E-state index >= 15 is 0 Å². The Morgan fingerprint density at radius 1 is 1.14 bits per heavy atom. The van der Waals surface area contributed by atoms with Crippen LogP contribution in [0.25, 0.3) is 0 Å². The number of sulfonamides is 1. The lowest BCUT2D eigenvalue weighted by molar-refractivity contribution is 0.0608. The molecule has 8 nitrogen and oxygen atoms in total. The number of halogens is 2. The normalized spacial score (nSPS) is 20.5. The summed E-state index contributed by atoms with van der Waals surface area (Å²) in [5, 5.41) is 1.15. The molecular formula is C25H35Cl2N5O3S. The molecule has 36 heavy (non-hydrogen) atoms. The quantitative estimate of drug-likeness (QED) is 0.519. The SMILES string of the molecule is CC[C@H]1CN(c2ncc(NS(C)(=O)=O)cc2Cl)CCN1C1CCN(Cc2ccc(Cl)cc2OC)CC1. The smallest absolute Gasteiger partial charge is 0.229 e. The van der Waals surface area contributed by atoms with Crippen LogP contribution in [0.1, 0.15) is 31.7 Å². The highest BCUT2D eigenvalue weighted by Gasteiger charge is 2.34. The number of nitrogens with zero attached hydrogens (tertiary/aromatic N) is 4. The number of nitrogens with one attached hydrogen (secondary N) is 1. The fourth-order valence-corrected chi connectivity index (χ4v) is 6.33. The average Bonchev–Trinajstić information content (AvgIpc) is 2.84. The van der Waals surface area contributed by atoms with Crippen LogP contribution in [-0.4, -0.2) is 81.4 Å². The molecular weight excluding hydrogens is 521 g/mol. The van der Waals surface area contributed by atoms with Gasteiger partial charge in [-0.2, -0.15) is 0 Å². The first-order chi connectivity index (χ1) is 17.2. The number of hydrogen-bond donors (Lipinski definition) is 1. The van der Waals surface area contributed by atoms with E-state index in [-0.39, 0.29) is 0 Å². The van der Waals surface area contributed by atoms with Crippen molar-refractivity contribution in [3.8, 4) is 5.75 Å². The van der Waals surface area contributed by atoms with Crippen LogP contribution in [0.3, 0.4) is 0 Å². The zero-order valence-corrected chi connectivity index (χ0v) is 23.4. The van der Waals surface area contributed by atoms with Gasteiger partial charge in [-0.3, -0.25) is 14.5 Å². The molecule has 1 aromatic carbocycles. The Morgan fingerprint density at radius 2 is 1.89 bits per heavy atom. The maximum atomic E-state index is 11.5. The summed E-state index contributed by atoms with van der Waals surface area (Å²) in [7, 11) is -1.69. The van der Waals surface area contributed by atoms with E-state index in [1.54, 1.807) is 13.2 Å². The monoisotopic (exact) mass is 555 g/mol. The van der Waals surface area contributed by atoms with Gasteiger partial charge in [-0.05, 0) is 50.6 Å². The third kappa shape index (κ3) is 6.75. The zero-order chi connectivity index (χ0) is 25.9. The number of piperazine rings is 1. The van der Waals surface area contributed by atoms with Gasteiger partial charge in [0.15, 0.2) is 0 Å². The van der Waals surface area contributed by atoms with Crippen LogP contribution in [0.5, 0.6) is 5.75 Å². The van der Waals surface area contributed by atoms with Crippen molar-refractivity contribution in [2.24, 2.45) is 0 Å². The van der Waals surface area contributed by atoms with Crippen molar-refractivity contribution >= 4 is 44.7 Å². The minimum Gasteiger partial charge on any atom is -0.496 e. The lowest BCUT2D eigenvalue weighted by Gasteiger charge is -2.47. The number of likely N-dealkylation sites (tertiary alicyclic amines) is 1. The number of anilines is 2. The second-order valence-corrected chi connectivity index (χ2v) is 12.2. The molecule has 0 saturated carbocycles. The molecule has 2 aliphatic rings. The van der Waals surface area contributed by atoms with E-state index in [1.807, 2.05) is 12.1 Å². The fraction of sp³-hybridized carbons (Fsp3) is 0.560. The maximum absolute atomic E-state index is 11.5. The lowest BCUT2D eigenvalue weighted by Crippen LogP contribution is -2.58. The Hall–Kier alpha value is -1.78. The second-order valence-electron chi connectivity index (χ2n) is 9.61. The maximum Gasteiger partial charge on any atom is 0.229 e. The number of hydrogen-bond acceptors (Lipinski definition) is 7. The Kier molecular flexibility index (Phi) is 8.88. The third-order valence-corrected chi connectivity index (χ3v) is 8.21. The van der Waals surface area contributed by atoms with Gasteiger partial charge >= 0.3 is 0 Å². The summed E-state index contributed by atoms with van der Waals surface area (Å²) in [4.78, 5) is 11.9. The van der Waals surface area contributed by atoms with Crippen molar-refractivity contribution < 1.29 is 13.2 Å². The molecule has 198 valence electrons. The summed E-state index contributed by atoms with van der Waals surface area (Å²) < 4.78 is 31.0. The zero-order valence-electron chi connectivity index (χ0n) is 21.1. The molecule has 0 amide bonds. The highest BCUT2D eigenvalue weighted by molar-refractivity contribution is 7.92. The summed E-state index contributed by atoms with van der Waals surface area (Å²) in [6.07, 6.45) is 5.96. The number of ether oxygens (including phenoxy) is 1. The summed E-state index contributed by atoms with van der Waals surface area (Å²) in [6.45, 7) is 7.85. The van der Waals surface area contributed by atoms with Crippen LogP contribution in [0, 0.1) is 0 Å². The van der Waals surface area contributed by atoms with Crippen LogP contribution in [0.15, 0.2) is 30.5 Å². The number of piperidine rings is 1. The standard InChI is InChI=1S/C25H35Cl2N5O3S/c1-4-21-17-31(25-23(27)14-20(15-28-25)29-36(3,33)34)11-12-32(21)22-7-9-30(10-8-22)16-18-5-6-19(26)13-24(18)35-2/h5-6,13-15,21-22,29H,4,7-12,16-17H2,1-3H3/t21-/m0/s1. The van der Waals surface area contributed by atoms with Gasteiger partial charge in [0, 0.05) is 48.8 Å². The summed E-state index contributed by atoms with van der Waals surface area (Å²) >= 11 is 12.6. The van der Waals surface area contributed by atoms with Gasteiger partial charge in [0.25, 0.3) is 0 Å². The first-order valence-corrected chi connectivity index (χ1v) is 15.0. The Morgan fingerprint density at radius 3 is 2.53 bits per heavy atom. The molecule has 11 heteroatoms. The van der Waals surface area contributed by atoms with Gasteiger partial charge in [0.1, 0.15) is 11.6 Å². The Balaban J connectivity index is 1.34. The predicted molar refractivity (Wildman–Crippen MR) is 147 cm³/mol. The highest BCUT2D eigenvalue weighted by Crippen LogP contribution is 2.31. The van der Waals surface area contributed by atoms with Crippen molar-refractivity contribution in [1.82, 2.24) is 14.8 Å². The molecule has 0 aliphatic carbocycles. The van der Waals surface area contributed by atoms with Gasteiger partial charge in [0.05, 0.1) is 30.3 Å². The topological polar surface area (TPSA) is 78.0 Å². The van der Waals surface area contributed by atoms with E-state index in [2.05, 4.69) is 37.4 Å². The molecule has 0 bridgehead atoms. The highest BCUT2D eigenvalue weighted by atomic mass is 35.5. The van der Waals surface area contributed by atoms with Crippen molar-refractivity contribution in [3.63, 3.8) is 0 Å². The van der Waals surface area contributed by atoms with E-state index in [9.17, 15) is 8.42 Å². The minimum atomic E-state index is -3.38. The molecule has 3 heterocycles. The lowest BCUT2D eigenvalue weighted by atomic mass is 9.97. The molecule has 2 saturated heterocycles. The summed E-state index contributed by atoms with van der Waals surface area (Å²) in [6, 6.07) is 8.47. The largest absolute Gasteiger partial charge is 0.496 e. The first-order valence-electron chi connectivity index (χ1n) is 12.4. The van der Waals surface area contributed by atoms with E-state index < -0.39 is 10.0 Å². The molecule has 1 N–H and O–H groups in total. The van der Waals surface area contributed by atoms with Crippen molar-refractivity contribution in [2.75, 3.05) is 55.7 Å². The number of rotatable bonds is 8. The van der Waals surface area contributed by atoms with Gasteiger partial charge in [-0.1, -0.05) is 36.2 Å². The number of pyridine rings is 1. The van der Waals surface area contributed by atoms with E-state index in [4.69, 9.17) is 27.9 Å². The van der Waals surface area contributed by atoms with Crippen LogP contribution in [0.2, 0.25) is 10.0 Å². The molecule has 2 fully saturated rings. The van der Waals surface area contributed by atoms with Crippen LogP contribution in [0.4, 0.5) is 11.5 Å². The molecule has 0 radical (unpaired) electrons. The van der Waals surface area contributed by atoms with Gasteiger partial charge in [-0.15, -0.1) is 0 Å². The Bertz CT molecular complexity index is 1160. The first kappa shape index (κ1) is 27.3. The van der Waals surface area contributed by atoms with Gasteiger partial charge in [-0.25, -0.2) is 13.4 Å². The van der Waals surface area contributed by atoms with Crippen LogP contribution in [-0.2, 0) is 16.6 Å². The molecule has 0 unspecified atom stereocenters. The van der Waals surface area contributed by atoms with E-state index in [0.717, 1.165) is 70.5 Å². The summed E-state index contributed by atoms with van der Waals surface area (Å²) in [5.74, 6) is 1.56. The number of methoxy groups -OCH3 is 1. The van der Waals surface area contributed by atoms with Crippen LogP contribution < -0.4 is 14.4 Å². The van der Waals surface area contributed by atoms with Crippen molar-refractivity contribution in [1.29, 1.82) is 0 Å². The fourth-order valence-electron chi connectivity index (χ4n) is 5.34. The molecule has 1 aromatic heterocycles. The molecule has 0 spiro atoms. The van der Waals surface area contributed by atoms with E-state index in [1.165, 1.54) is 11.8 Å². The average molecular weight is 557 g/mol. The van der Waals surface area contributed by atoms with Crippen LogP contribution >= 0.6 is 23.2 Å². The molecule has 2 aliphatic heterocycles. The van der Waals surface area contributed by atoms with Gasteiger partial charge < -0.3 is 9.64 Å². The molecule has 1 atom stereocenters. The molecule has 4 rings (SSSR count). The summed E-state index contributed by atoms with van der Waals surface area (Å²) in [5.41, 5.74) is 1.54. The van der Waals surface area contributed by atoms with E-state index in [0.29, 0.717) is 33.6 Å². The predicted octanol–water partition coefficient (Wildman–Crippen LogP) is 4.33. The van der Waals surface area contributed by atoms with Crippen molar-refractivity contribution in [3.05, 3.63) is 46.1 Å².